The second kappa shape index (κ2) is 3.34. The lowest BCUT2D eigenvalue weighted by atomic mass is 9.89. The minimum atomic E-state index is -1.47. The Labute approximate surface area is 80.9 Å². The smallest absolute Gasteiger partial charge is 0.331 e. The third kappa shape index (κ3) is 1.72. The molecule has 1 unspecified atom stereocenters. The summed E-state index contributed by atoms with van der Waals surface area (Å²) in [6, 6.07) is 0. The summed E-state index contributed by atoms with van der Waals surface area (Å²) in [5.74, 6) is -1.52. The van der Waals surface area contributed by atoms with Gasteiger partial charge in [0.1, 0.15) is 5.60 Å². The molecule has 0 aromatic heterocycles. The molecule has 0 heterocycles. The maximum atomic E-state index is 10.6. The third-order valence-electron chi connectivity index (χ3n) is 2.05. The summed E-state index contributed by atoms with van der Waals surface area (Å²) in [6.07, 6.45) is 0.995. The van der Waals surface area contributed by atoms with Crippen molar-refractivity contribution in [2.75, 3.05) is 7.11 Å². The average molecular weight is 200 g/mol. The highest BCUT2D eigenvalue weighted by molar-refractivity contribution is 5.87. The molecule has 0 amide bonds. The number of carbonyl (C=O) groups is 1. The van der Waals surface area contributed by atoms with Gasteiger partial charge in [0.05, 0.1) is 7.11 Å². The van der Waals surface area contributed by atoms with Gasteiger partial charge in [0, 0.05) is 12.0 Å². The number of hydrogen-bond donors (Lipinski definition) is 3. The highest BCUT2D eigenvalue weighted by Crippen LogP contribution is 2.32. The normalized spacial score (nSPS) is 27.2. The van der Waals surface area contributed by atoms with E-state index in [1.54, 1.807) is 0 Å². The molecular formula is C9H12O5. The predicted molar refractivity (Wildman–Crippen MR) is 47.6 cm³/mol. The Morgan fingerprint density at radius 3 is 2.57 bits per heavy atom. The first-order valence-corrected chi connectivity index (χ1v) is 4.02. The molecule has 0 aromatic rings. The van der Waals surface area contributed by atoms with E-state index < -0.39 is 11.6 Å². The molecule has 14 heavy (non-hydrogen) atoms. The lowest BCUT2D eigenvalue weighted by molar-refractivity contribution is -0.133. The van der Waals surface area contributed by atoms with Crippen molar-refractivity contribution in [3.05, 3.63) is 23.2 Å². The van der Waals surface area contributed by atoms with Gasteiger partial charge in [-0.25, -0.2) is 4.79 Å². The fourth-order valence-electron chi connectivity index (χ4n) is 1.47. The van der Waals surface area contributed by atoms with Gasteiger partial charge in [-0.3, -0.25) is 0 Å². The van der Waals surface area contributed by atoms with Crippen molar-refractivity contribution in [3.8, 4) is 0 Å². The van der Waals surface area contributed by atoms with Crippen molar-refractivity contribution in [1.82, 2.24) is 0 Å². The number of aliphatic hydroxyl groups is 2. The summed E-state index contributed by atoms with van der Waals surface area (Å²) in [7, 11) is 1.31. The Balaban J connectivity index is 3.15. The highest BCUT2D eigenvalue weighted by Gasteiger charge is 2.36. The second-order valence-corrected chi connectivity index (χ2v) is 3.34. The monoisotopic (exact) mass is 200 g/mol. The first kappa shape index (κ1) is 10.6. The van der Waals surface area contributed by atoms with Gasteiger partial charge in [0.15, 0.2) is 11.5 Å². The van der Waals surface area contributed by atoms with Gasteiger partial charge in [-0.1, -0.05) is 0 Å². The molecule has 0 aliphatic heterocycles. The number of ether oxygens (including phenoxy) is 1. The van der Waals surface area contributed by atoms with Crippen LogP contribution in [0, 0.1) is 0 Å². The highest BCUT2D eigenvalue weighted by atomic mass is 16.5. The van der Waals surface area contributed by atoms with Gasteiger partial charge in [0.2, 0.25) is 0 Å². The third-order valence-corrected chi connectivity index (χ3v) is 2.05. The summed E-state index contributed by atoms with van der Waals surface area (Å²) in [5, 5.41) is 27.8. The number of carboxylic acid groups (broad SMARTS) is 1. The van der Waals surface area contributed by atoms with Crippen molar-refractivity contribution in [3.63, 3.8) is 0 Å². The topological polar surface area (TPSA) is 87.0 Å². The summed E-state index contributed by atoms with van der Waals surface area (Å²) < 4.78 is 4.79. The van der Waals surface area contributed by atoms with Crippen molar-refractivity contribution in [1.29, 1.82) is 0 Å². The van der Waals surface area contributed by atoms with Crippen molar-refractivity contribution in [2.45, 2.75) is 18.9 Å². The first-order chi connectivity index (χ1) is 6.38. The Morgan fingerprint density at radius 2 is 2.21 bits per heavy atom. The number of methoxy groups -OCH3 is 1. The Hall–Kier alpha value is -1.49. The molecule has 1 aliphatic rings. The summed E-state index contributed by atoms with van der Waals surface area (Å²) in [4.78, 5) is 10.6. The van der Waals surface area contributed by atoms with Crippen LogP contribution in [0.15, 0.2) is 23.2 Å². The first-order valence-electron chi connectivity index (χ1n) is 4.02. The van der Waals surface area contributed by atoms with Gasteiger partial charge >= 0.3 is 5.97 Å². The minimum Gasteiger partial charge on any atom is -0.504 e. The van der Waals surface area contributed by atoms with Gasteiger partial charge < -0.3 is 20.1 Å². The molecular weight excluding hydrogens is 188 g/mol. The molecule has 0 radical (unpaired) electrons. The SMILES string of the molecule is COC1=C(O)C=C(C(=O)O)CC1(C)O. The number of carboxylic acids is 1. The van der Waals surface area contributed by atoms with Crippen LogP contribution in [0.25, 0.3) is 0 Å². The van der Waals surface area contributed by atoms with E-state index in [0.717, 1.165) is 6.08 Å². The Morgan fingerprint density at radius 1 is 1.64 bits per heavy atom. The number of aliphatic hydroxyl groups excluding tert-OH is 1. The molecule has 0 fully saturated rings. The van der Waals surface area contributed by atoms with E-state index >= 15 is 0 Å². The molecule has 0 spiro atoms. The number of allylic oxidation sites excluding steroid dienone is 1. The zero-order valence-corrected chi connectivity index (χ0v) is 7.94. The molecule has 1 atom stereocenters. The van der Waals surface area contributed by atoms with Crippen molar-refractivity contribution >= 4 is 5.97 Å². The fraction of sp³-hybridized carbons (Fsp3) is 0.444. The molecule has 0 saturated carbocycles. The van der Waals surface area contributed by atoms with E-state index in [1.165, 1.54) is 14.0 Å². The molecule has 1 aliphatic carbocycles. The van der Waals surface area contributed by atoms with E-state index in [0.29, 0.717) is 0 Å². The molecule has 78 valence electrons. The molecule has 3 N–H and O–H groups in total. The summed E-state index contributed by atoms with van der Waals surface area (Å²) >= 11 is 0. The largest absolute Gasteiger partial charge is 0.504 e. The fourth-order valence-corrected chi connectivity index (χ4v) is 1.47. The standard InChI is InChI=1S/C9H12O5/c1-9(13)4-5(8(11)12)3-6(10)7(9)14-2/h3,10,13H,4H2,1-2H3,(H,11,12). The number of hydrogen-bond acceptors (Lipinski definition) is 4. The molecule has 0 aromatic carbocycles. The van der Waals surface area contributed by atoms with Gasteiger partial charge in [0.25, 0.3) is 0 Å². The molecule has 5 nitrogen and oxygen atoms in total. The van der Waals surface area contributed by atoms with E-state index in [-0.39, 0.29) is 23.5 Å². The molecule has 1 rings (SSSR count). The number of rotatable bonds is 2. The van der Waals surface area contributed by atoms with Crippen LogP contribution in [0.1, 0.15) is 13.3 Å². The van der Waals surface area contributed by atoms with Crippen LogP contribution in [0.4, 0.5) is 0 Å². The van der Waals surface area contributed by atoms with E-state index in [2.05, 4.69) is 0 Å². The van der Waals surface area contributed by atoms with Gasteiger partial charge in [-0.05, 0) is 13.0 Å². The molecule has 5 heteroatoms. The predicted octanol–water partition coefficient (Wildman–Crippen LogP) is 0.568. The van der Waals surface area contributed by atoms with Crippen LogP contribution in [-0.4, -0.2) is 34.0 Å². The van der Waals surface area contributed by atoms with Crippen LogP contribution in [-0.2, 0) is 9.53 Å². The van der Waals surface area contributed by atoms with Crippen molar-refractivity contribution in [2.24, 2.45) is 0 Å². The van der Waals surface area contributed by atoms with Gasteiger partial charge in [-0.2, -0.15) is 0 Å². The zero-order valence-electron chi connectivity index (χ0n) is 7.94. The minimum absolute atomic E-state index is 0.0116. The average Bonchev–Trinajstić information content (AvgIpc) is 2.01. The quantitative estimate of drug-likeness (QED) is 0.606. The maximum absolute atomic E-state index is 10.6. The maximum Gasteiger partial charge on any atom is 0.331 e. The zero-order chi connectivity index (χ0) is 10.9. The van der Waals surface area contributed by atoms with E-state index in [9.17, 15) is 15.0 Å². The van der Waals surface area contributed by atoms with E-state index in [1.807, 2.05) is 0 Å². The Kier molecular flexibility index (Phi) is 2.53. The Bertz CT molecular complexity index is 324. The van der Waals surface area contributed by atoms with E-state index in [4.69, 9.17) is 9.84 Å². The van der Waals surface area contributed by atoms with Gasteiger partial charge in [-0.15, -0.1) is 0 Å². The van der Waals surface area contributed by atoms with Crippen LogP contribution in [0.2, 0.25) is 0 Å². The second-order valence-electron chi connectivity index (χ2n) is 3.34. The van der Waals surface area contributed by atoms with Crippen LogP contribution < -0.4 is 0 Å². The summed E-state index contributed by atoms with van der Waals surface area (Å²) in [5.41, 5.74) is -1.52. The number of aliphatic carboxylic acids is 1. The lowest BCUT2D eigenvalue weighted by Gasteiger charge is -2.28. The summed E-state index contributed by atoms with van der Waals surface area (Å²) in [6.45, 7) is 1.39. The molecule has 0 bridgehead atoms. The van der Waals surface area contributed by atoms with Crippen LogP contribution in [0.3, 0.4) is 0 Å². The van der Waals surface area contributed by atoms with Crippen molar-refractivity contribution < 1.29 is 24.9 Å². The van der Waals surface area contributed by atoms with Crippen LogP contribution in [0.5, 0.6) is 0 Å². The lowest BCUT2D eigenvalue weighted by Crippen LogP contribution is -2.33. The molecule has 0 saturated heterocycles. The van der Waals surface area contributed by atoms with Crippen LogP contribution >= 0.6 is 0 Å².